The zero-order chi connectivity index (χ0) is 13.5. The van der Waals surface area contributed by atoms with Crippen molar-refractivity contribution in [1.29, 1.82) is 0 Å². The molecule has 0 bridgehead atoms. The third-order valence-electron chi connectivity index (χ3n) is 3.42. The molecule has 2 rings (SSSR count). The molecule has 3 nitrogen and oxygen atoms in total. The standard InChI is InChI=1S/C15H22FNO2/c16-13-5-7-15(8-6-13)19-12-14(18)11-17-9-3-1-2-4-10-17/h5-8,14,18H,1-4,9-12H2. The van der Waals surface area contributed by atoms with Gasteiger partial charge in [-0.3, -0.25) is 0 Å². The number of nitrogens with zero attached hydrogens (tertiary/aromatic N) is 1. The Labute approximate surface area is 114 Å². The topological polar surface area (TPSA) is 32.7 Å². The van der Waals surface area contributed by atoms with Crippen LogP contribution in [0.5, 0.6) is 5.75 Å². The molecule has 0 radical (unpaired) electrons. The SMILES string of the molecule is OC(COc1ccc(F)cc1)CN1CCCCCC1. The van der Waals surface area contributed by atoms with Crippen molar-refractivity contribution in [3.8, 4) is 5.75 Å². The molecule has 19 heavy (non-hydrogen) atoms. The second kappa shape index (κ2) is 7.46. The minimum atomic E-state index is -0.497. The summed E-state index contributed by atoms with van der Waals surface area (Å²) >= 11 is 0. The van der Waals surface area contributed by atoms with Gasteiger partial charge in [-0.1, -0.05) is 12.8 Å². The van der Waals surface area contributed by atoms with Crippen LogP contribution in [0.1, 0.15) is 25.7 Å². The van der Waals surface area contributed by atoms with E-state index in [-0.39, 0.29) is 12.4 Å². The summed E-state index contributed by atoms with van der Waals surface area (Å²) < 4.78 is 18.2. The first-order valence-electron chi connectivity index (χ1n) is 7.03. The smallest absolute Gasteiger partial charge is 0.123 e. The number of benzene rings is 1. The van der Waals surface area contributed by atoms with Gasteiger partial charge in [0.1, 0.15) is 24.3 Å². The van der Waals surface area contributed by atoms with Gasteiger partial charge in [0.25, 0.3) is 0 Å². The second-order valence-corrected chi connectivity index (χ2v) is 5.13. The maximum Gasteiger partial charge on any atom is 0.123 e. The Bertz CT molecular complexity index is 361. The molecular formula is C15H22FNO2. The average molecular weight is 267 g/mol. The number of aliphatic hydroxyl groups excluding tert-OH is 1. The third-order valence-corrected chi connectivity index (χ3v) is 3.42. The molecule has 1 fully saturated rings. The number of rotatable bonds is 5. The lowest BCUT2D eigenvalue weighted by Crippen LogP contribution is -2.36. The number of hydrogen-bond donors (Lipinski definition) is 1. The van der Waals surface area contributed by atoms with Crippen LogP contribution in [0.15, 0.2) is 24.3 Å². The van der Waals surface area contributed by atoms with Gasteiger partial charge in [-0.25, -0.2) is 4.39 Å². The average Bonchev–Trinajstić information content (AvgIpc) is 2.67. The van der Waals surface area contributed by atoms with Gasteiger partial charge in [0.05, 0.1) is 0 Å². The van der Waals surface area contributed by atoms with Crippen LogP contribution in [0.2, 0.25) is 0 Å². The van der Waals surface area contributed by atoms with Crippen molar-refractivity contribution < 1.29 is 14.2 Å². The number of aliphatic hydroxyl groups is 1. The highest BCUT2D eigenvalue weighted by Crippen LogP contribution is 2.13. The van der Waals surface area contributed by atoms with Crippen molar-refractivity contribution >= 4 is 0 Å². The van der Waals surface area contributed by atoms with E-state index in [1.807, 2.05) is 0 Å². The molecule has 1 unspecified atom stereocenters. The first kappa shape index (κ1) is 14.3. The summed E-state index contributed by atoms with van der Waals surface area (Å²) in [5.41, 5.74) is 0. The summed E-state index contributed by atoms with van der Waals surface area (Å²) in [6, 6.07) is 5.87. The maximum absolute atomic E-state index is 12.7. The summed E-state index contributed by atoms with van der Waals surface area (Å²) in [6.45, 7) is 3.03. The van der Waals surface area contributed by atoms with Gasteiger partial charge in [0, 0.05) is 6.54 Å². The predicted octanol–water partition coefficient (Wildman–Crippen LogP) is 2.44. The highest BCUT2D eigenvalue weighted by molar-refractivity contribution is 5.22. The van der Waals surface area contributed by atoms with Crippen LogP contribution >= 0.6 is 0 Å². The van der Waals surface area contributed by atoms with E-state index < -0.39 is 6.10 Å². The van der Waals surface area contributed by atoms with Crippen molar-refractivity contribution in [3.05, 3.63) is 30.1 Å². The Balaban J connectivity index is 1.71. The number of hydrogen-bond acceptors (Lipinski definition) is 3. The highest BCUT2D eigenvalue weighted by Gasteiger charge is 2.14. The fourth-order valence-electron chi connectivity index (χ4n) is 2.39. The minimum absolute atomic E-state index is 0.252. The molecule has 0 spiro atoms. The molecule has 1 saturated heterocycles. The Morgan fingerprint density at radius 2 is 1.74 bits per heavy atom. The monoisotopic (exact) mass is 267 g/mol. The number of ether oxygens (including phenoxy) is 1. The molecular weight excluding hydrogens is 245 g/mol. The van der Waals surface area contributed by atoms with E-state index in [1.54, 1.807) is 12.1 Å². The number of β-amino-alcohol motifs (C(OH)–C–C–N with tert-alkyl or cyclic N) is 1. The Hall–Kier alpha value is -1.13. The molecule has 0 amide bonds. The van der Waals surface area contributed by atoms with Gasteiger partial charge in [-0.15, -0.1) is 0 Å². The van der Waals surface area contributed by atoms with Crippen LogP contribution < -0.4 is 4.74 Å². The lowest BCUT2D eigenvalue weighted by molar-refractivity contribution is 0.0693. The predicted molar refractivity (Wildman–Crippen MR) is 72.8 cm³/mol. The summed E-state index contributed by atoms with van der Waals surface area (Å²) in [7, 11) is 0. The Morgan fingerprint density at radius 3 is 2.37 bits per heavy atom. The minimum Gasteiger partial charge on any atom is -0.491 e. The van der Waals surface area contributed by atoms with E-state index in [2.05, 4.69) is 4.90 Å². The van der Waals surface area contributed by atoms with E-state index in [0.717, 1.165) is 13.1 Å². The number of likely N-dealkylation sites (tertiary alicyclic amines) is 1. The van der Waals surface area contributed by atoms with Gasteiger partial charge in [0.15, 0.2) is 0 Å². The van der Waals surface area contributed by atoms with Crippen molar-refractivity contribution in [2.75, 3.05) is 26.2 Å². The molecule has 1 heterocycles. The van der Waals surface area contributed by atoms with Gasteiger partial charge in [-0.05, 0) is 50.2 Å². The third kappa shape index (κ3) is 5.17. The summed E-state index contributed by atoms with van der Waals surface area (Å²) in [4.78, 5) is 2.30. The van der Waals surface area contributed by atoms with E-state index in [1.165, 1.54) is 37.8 Å². The van der Waals surface area contributed by atoms with E-state index in [0.29, 0.717) is 12.3 Å². The first-order valence-corrected chi connectivity index (χ1v) is 7.03. The molecule has 1 aliphatic rings. The lowest BCUT2D eigenvalue weighted by Gasteiger charge is -2.23. The summed E-state index contributed by atoms with van der Waals surface area (Å²) in [5.74, 6) is 0.314. The lowest BCUT2D eigenvalue weighted by atomic mass is 10.2. The molecule has 106 valence electrons. The van der Waals surface area contributed by atoms with Crippen LogP contribution in [0.4, 0.5) is 4.39 Å². The normalized spacial score (nSPS) is 18.8. The molecule has 1 atom stereocenters. The highest BCUT2D eigenvalue weighted by atomic mass is 19.1. The van der Waals surface area contributed by atoms with Crippen molar-refractivity contribution in [2.45, 2.75) is 31.8 Å². The zero-order valence-corrected chi connectivity index (χ0v) is 11.2. The largest absolute Gasteiger partial charge is 0.491 e. The quantitative estimate of drug-likeness (QED) is 0.889. The number of halogens is 1. The molecule has 4 heteroatoms. The first-order chi connectivity index (χ1) is 9.24. The van der Waals surface area contributed by atoms with Crippen LogP contribution in [0.25, 0.3) is 0 Å². The molecule has 0 aromatic heterocycles. The molecule has 1 aromatic rings. The summed E-state index contributed by atoms with van der Waals surface area (Å²) in [6.07, 6.45) is 4.51. The second-order valence-electron chi connectivity index (χ2n) is 5.13. The van der Waals surface area contributed by atoms with E-state index in [9.17, 15) is 9.50 Å². The van der Waals surface area contributed by atoms with Crippen LogP contribution in [0, 0.1) is 5.82 Å². The van der Waals surface area contributed by atoms with Crippen molar-refractivity contribution in [3.63, 3.8) is 0 Å². The summed E-state index contributed by atoms with van der Waals surface area (Å²) in [5, 5.41) is 9.97. The van der Waals surface area contributed by atoms with Gasteiger partial charge in [-0.2, -0.15) is 0 Å². The molecule has 1 N–H and O–H groups in total. The fraction of sp³-hybridized carbons (Fsp3) is 0.600. The van der Waals surface area contributed by atoms with Gasteiger partial charge >= 0.3 is 0 Å². The Kier molecular flexibility index (Phi) is 5.61. The van der Waals surface area contributed by atoms with E-state index in [4.69, 9.17) is 4.74 Å². The molecule has 0 saturated carbocycles. The van der Waals surface area contributed by atoms with Gasteiger partial charge < -0.3 is 14.7 Å². The maximum atomic E-state index is 12.7. The van der Waals surface area contributed by atoms with Crippen molar-refractivity contribution in [2.24, 2.45) is 0 Å². The Morgan fingerprint density at radius 1 is 1.11 bits per heavy atom. The van der Waals surface area contributed by atoms with Gasteiger partial charge in [0.2, 0.25) is 0 Å². The van der Waals surface area contributed by atoms with Crippen molar-refractivity contribution in [1.82, 2.24) is 4.90 Å². The van der Waals surface area contributed by atoms with Crippen LogP contribution in [-0.4, -0.2) is 42.4 Å². The fourth-order valence-corrected chi connectivity index (χ4v) is 2.39. The van der Waals surface area contributed by atoms with Crippen LogP contribution in [-0.2, 0) is 0 Å². The molecule has 0 aliphatic carbocycles. The zero-order valence-electron chi connectivity index (χ0n) is 11.2. The molecule has 1 aliphatic heterocycles. The van der Waals surface area contributed by atoms with Crippen LogP contribution in [0.3, 0.4) is 0 Å². The van der Waals surface area contributed by atoms with E-state index >= 15 is 0 Å². The molecule has 1 aromatic carbocycles.